The van der Waals surface area contributed by atoms with Gasteiger partial charge in [0.05, 0.1) is 10.9 Å². The van der Waals surface area contributed by atoms with Crippen LogP contribution in [0.4, 0.5) is 0 Å². The van der Waals surface area contributed by atoms with E-state index in [0.29, 0.717) is 6.42 Å². The molecular formula is C9H11BrO3. The largest absolute Gasteiger partial charge is 0.481 e. The number of halogens is 1. The second-order valence-corrected chi connectivity index (χ2v) is 3.71. The first-order chi connectivity index (χ1) is 6.02. The minimum atomic E-state index is -0.801. The highest BCUT2D eigenvalue weighted by Crippen LogP contribution is 2.27. The van der Waals surface area contributed by atoms with Crippen LogP contribution in [0.3, 0.4) is 0 Å². The molecule has 0 fully saturated rings. The van der Waals surface area contributed by atoms with Crippen LogP contribution in [0.25, 0.3) is 0 Å². The highest BCUT2D eigenvalue weighted by molar-refractivity contribution is 9.10. The van der Waals surface area contributed by atoms with E-state index >= 15 is 0 Å². The first kappa shape index (κ1) is 10.3. The Labute approximate surface area is 84.9 Å². The monoisotopic (exact) mass is 246 g/mol. The molecule has 3 nitrogen and oxygen atoms in total. The smallest absolute Gasteiger partial charge is 0.303 e. The van der Waals surface area contributed by atoms with Crippen LogP contribution in [0.1, 0.15) is 23.5 Å². The molecule has 1 N–H and O–H groups in total. The number of aliphatic carboxylic acids is 1. The van der Waals surface area contributed by atoms with Crippen molar-refractivity contribution in [2.45, 2.75) is 26.7 Å². The molecule has 0 aromatic carbocycles. The first-order valence-corrected chi connectivity index (χ1v) is 4.78. The molecule has 0 spiro atoms. The molecule has 0 atom stereocenters. The number of carboxylic acid groups (broad SMARTS) is 1. The molecule has 1 rings (SSSR count). The van der Waals surface area contributed by atoms with Crippen LogP contribution in [-0.2, 0) is 11.2 Å². The Morgan fingerprint density at radius 1 is 1.54 bits per heavy atom. The van der Waals surface area contributed by atoms with Crippen LogP contribution in [0.15, 0.2) is 8.89 Å². The van der Waals surface area contributed by atoms with Gasteiger partial charge in [-0.2, -0.15) is 0 Å². The van der Waals surface area contributed by atoms with Crippen molar-refractivity contribution in [1.82, 2.24) is 0 Å². The van der Waals surface area contributed by atoms with Crippen molar-refractivity contribution in [2.75, 3.05) is 0 Å². The van der Waals surface area contributed by atoms with E-state index in [4.69, 9.17) is 9.52 Å². The van der Waals surface area contributed by atoms with Crippen molar-refractivity contribution >= 4 is 21.9 Å². The maximum absolute atomic E-state index is 10.3. The Kier molecular flexibility index (Phi) is 3.14. The predicted octanol–water partition coefficient (Wildman–Crippen LogP) is 2.68. The van der Waals surface area contributed by atoms with E-state index in [9.17, 15) is 4.79 Å². The molecule has 0 aliphatic carbocycles. The fraction of sp³-hybridized carbons (Fsp3) is 0.444. The Hall–Kier alpha value is -0.770. The molecule has 0 unspecified atom stereocenters. The van der Waals surface area contributed by atoms with E-state index in [-0.39, 0.29) is 6.42 Å². The molecule has 0 bridgehead atoms. The number of hydrogen-bond acceptors (Lipinski definition) is 2. The fourth-order valence-electron chi connectivity index (χ4n) is 1.15. The topological polar surface area (TPSA) is 50.4 Å². The molecule has 0 aliphatic heterocycles. The third kappa shape index (κ3) is 2.34. The van der Waals surface area contributed by atoms with E-state index < -0.39 is 5.97 Å². The number of carbonyl (C=O) groups is 1. The quantitative estimate of drug-likeness (QED) is 0.893. The van der Waals surface area contributed by atoms with Gasteiger partial charge in [0.1, 0.15) is 11.5 Å². The molecule has 1 heterocycles. The fourth-order valence-corrected chi connectivity index (χ4v) is 1.45. The molecular weight excluding hydrogens is 236 g/mol. The van der Waals surface area contributed by atoms with Crippen LogP contribution in [0.2, 0.25) is 0 Å². The molecule has 4 heteroatoms. The molecule has 0 amide bonds. The van der Waals surface area contributed by atoms with Gasteiger partial charge in [0, 0.05) is 12.0 Å². The van der Waals surface area contributed by atoms with Gasteiger partial charge >= 0.3 is 5.97 Å². The van der Waals surface area contributed by atoms with Crippen molar-refractivity contribution in [1.29, 1.82) is 0 Å². The van der Waals surface area contributed by atoms with E-state index in [1.807, 2.05) is 13.8 Å². The van der Waals surface area contributed by atoms with Crippen LogP contribution in [0.5, 0.6) is 0 Å². The summed E-state index contributed by atoms with van der Waals surface area (Å²) in [5.74, 6) is 0.759. The van der Waals surface area contributed by atoms with E-state index in [1.54, 1.807) is 0 Å². The summed E-state index contributed by atoms with van der Waals surface area (Å²) in [5, 5.41) is 8.49. The Morgan fingerprint density at radius 3 is 2.54 bits per heavy atom. The average molecular weight is 247 g/mol. The van der Waals surface area contributed by atoms with E-state index in [2.05, 4.69) is 15.9 Å². The van der Waals surface area contributed by atoms with Gasteiger partial charge in [-0.05, 0) is 29.8 Å². The highest BCUT2D eigenvalue weighted by Gasteiger charge is 2.12. The summed E-state index contributed by atoms with van der Waals surface area (Å²) in [5.41, 5.74) is 0.999. The predicted molar refractivity (Wildman–Crippen MR) is 51.8 cm³/mol. The molecule has 0 saturated heterocycles. The number of aryl methyl sites for hydroxylation is 2. The van der Waals surface area contributed by atoms with Gasteiger partial charge in [0.25, 0.3) is 0 Å². The SMILES string of the molecule is Cc1oc(CCC(=O)O)c(C)c1Br. The average Bonchev–Trinajstić information content (AvgIpc) is 2.29. The summed E-state index contributed by atoms with van der Waals surface area (Å²) >= 11 is 3.37. The number of furan rings is 1. The molecule has 13 heavy (non-hydrogen) atoms. The lowest BCUT2D eigenvalue weighted by atomic mass is 10.2. The van der Waals surface area contributed by atoms with Gasteiger partial charge in [-0.25, -0.2) is 0 Å². The van der Waals surface area contributed by atoms with Gasteiger partial charge < -0.3 is 9.52 Å². The summed E-state index contributed by atoms with van der Waals surface area (Å²) < 4.78 is 6.32. The molecule has 72 valence electrons. The standard InChI is InChI=1S/C9H11BrO3/c1-5-7(3-4-8(11)12)13-6(2)9(5)10/h3-4H2,1-2H3,(H,11,12). The maximum atomic E-state index is 10.3. The second-order valence-electron chi connectivity index (χ2n) is 2.91. The first-order valence-electron chi connectivity index (χ1n) is 3.98. The molecule has 1 aromatic heterocycles. The summed E-state index contributed by atoms with van der Waals surface area (Å²) in [6, 6.07) is 0. The highest BCUT2D eigenvalue weighted by atomic mass is 79.9. The van der Waals surface area contributed by atoms with Crippen LogP contribution < -0.4 is 0 Å². The van der Waals surface area contributed by atoms with Crippen molar-refractivity contribution < 1.29 is 14.3 Å². The minimum Gasteiger partial charge on any atom is -0.481 e. The number of hydrogen-bond donors (Lipinski definition) is 1. The summed E-state index contributed by atoms with van der Waals surface area (Å²) in [7, 11) is 0. The zero-order valence-corrected chi connectivity index (χ0v) is 9.14. The zero-order valence-electron chi connectivity index (χ0n) is 7.56. The second kappa shape index (κ2) is 3.96. The summed E-state index contributed by atoms with van der Waals surface area (Å²) in [6.45, 7) is 3.76. The van der Waals surface area contributed by atoms with Crippen molar-refractivity contribution in [3.05, 3.63) is 21.6 Å². The minimum absolute atomic E-state index is 0.111. The Morgan fingerprint density at radius 2 is 2.15 bits per heavy atom. The van der Waals surface area contributed by atoms with E-state index in [1.165, 1.54) is 0 Å². The van der Waals surface area contributed by atoms with Gasteiger partial charge in [-0.3, -0.25) is 4.79 Å². The maximum Gasteiger partial charge on any atom is 0.303 e. The lowest BCUT2D eigenvalue weighted by Gasteiger charge is -1.94. The van der Waals surface area contributed by atoms with Gasteiger partial charge in [0.2, 0.25) is 0 Å². The lowest BCUT2D eigenvalue weighted by molar-refractivity contribution is -0.137. The van der Waals surface area contributed by atoms with Crippen molar-refractivity contribution in [3.8, 4) is 0 Å². The Bertz CT molecular complexity index is 328. The molecule has 1 aromatic rings. The lowest BCUT2D eigenvalue weighted by Crippen LogP contribution is -1.97. The molecule has 0 radical (unpaired) electrons. The third-order valence-electron chi connectivity index (χ3n) is 1.90. The summed E-state index contributed by atoms with van der Waals surface area (Å²) in [6.07, 6.45) is 0.563. The van der Waals surface area contributed by atoms with Crippen LogP contribution >= 0.6 is 15.9 Å². The van der Waals surface area contributed by atoms with Gasteiger partial charge in [0.15, 0.2) is 0 Å². The van der Waals surface area contributed by atoms with E-state index in [0.717, 1.165) is 21.6 Å². The zero-order chi connectivity index (χ0) is 10.0. The number of carboxylic acids is 1. The van der Waals surface area contributed by atoms with Gasteiger partial charge in [-0.15, -0.1) is 0 Å². The molecule has 0 aliphatic rings. The van der Waals surface area contributed by atoms with Crippen LogP contribution in [-0.4, -0.2) is 11.1 Å². The normalized spacial score (nSPS) is 10.4. The number of rotatable bonds is 3. The van der Waals surface area contributed by atoms with Gasteiger partial charge in [-0.1, -0.05) is 0 Å². The van der Waals surface area contributed by atoms with Crippen molar-refractivity contribution in [2.24, 2.45) is 0 Å². The Balaban J connectivity index is 2.78. The molecule has 0 saturated carbocycles. The third-order valence-corrected chi connectivity index (χ3v) is 3.05. The summed E-state index contributed by atoms with van der Waals surface area (Å²) in [4.78, 5) is 10.3. The van der Waals surface area contributed by atoms with Crippen molar-refractivity contribution in [3.63, 3.8) is 0 Å². The van der Waals surface area contributed by atoms with Crippen LogP contribution in [0, 0.1) is 13.8 Å².